The van der Waals surface area contributed by atoms with Gasteiger partial charge in [-0.2, -0.15) is 11.3 Å². The molecule has 2 aromatic rings. The summed E-state index contributed by atoms with van der Waals surface area (Å²) in [6.45, 7) is 0. The number of hydrogen-bond donors (Lipinski definition) is 1. The Hall–Kier alpha value is -1.06. The van der Waals surface area contributed by atoms with Gasteiger partial charge in [0.25, 0.3) is 0 Å². The highest BCUT2D eigenvalue weighted by Gasteiger charge is 2.01. The Morgan fingerprint density at radius 1 is 1.27 bits per heavy atom. The third kappa shape index (κ3) is 2.70. The van der Waals surface area contributed by atoms with Gasteiger partial charge >= 0.3 is 0 Å². The molecule has 0 amide bonds. The van der Waals surface area contributed by atoms with E-state index in [-0.39, 0.29) is 5.12 Å². The minimum Gasteiger partial charge on any atom is -0.287 e. The predicted octanol–water partition coefficient (Wildman–Crippen LogP) is 3.41. The third-order valence-corrected chi connectivity index (χ3v) is 2.98. The van der Waals surface area contributed by atoms with Gasteiger partial charge in [0.15, 0.2) is 5.12 Å². The molecule has 0 N–H and O–H groups in total. The summed E-state index contributed by atoms with van der Waals surface area (Å²) in [4.78, 5) is 10.9. The Morgan fingerprint density at radius 2 is 2.13 bits per heavy atom. The number of carbonyl (C=O) groups excluding carboxylic acids is 1. The molecule has 0 unspecified atom stereocenters. The highest BCUT2D eigenvalue weighted by molar-refractivity contribution is 7.96. The molecule has 1 nitrogen and oxygen atoms in total. The maximum Gasteiger partial charge on any atom is 0.190 e. The zero-order valence-electron chi connectivity index (χ0n) is 8.01. The Labute approximate surface area is 98.2 Å². The maximum absolute atomic E-state index is 10.9. The van der Waals surface area contributed by atoms with Crippen molar-refractivity contribution in [3.63, 3.8) is 0 Å². The summed E-state index contributed by atoms with van der Waals surface area (Å²) in [5, 5.41) is 4.05. The minimum atomic E-state index is -0.0996. The molecule has 0 aliphatic rings. The number of thiol groups is 1. The van der Waals surface area contributed by atoms with Gasteiger partial charge in [-0.05, 0) is 33.5 Å². The van der Waals surface area contributed by atoms with E-state index in [0.29, 0.717) is 6.42 Å². The molecule has 2 rings (SSSR count). The van der Waals surface area contributed by atoms with Gasteiger partial charge in [0, 0.05) is 6.42 Å². The fourth-order valence-electron chi connectivity index (χ4n) is 1.46. The SMILES string of the molecule is O=C(S)Cc1cccc(-c2ccsc2)c1. The van der Waals surface area contributed by atoms with Crippen LogP contribution in [0.15, 0.2) is 41.1 Å². The standard InChI is InChI=1S/C12H10OS2/c13-12(14)7-9-2-1-3-10(6-9)11-4-5-15-8-11/h1-6,8H,7H2,(H,13,14). The van der Waals surface area contributed by atoms with E-state index in [4.69, 9.17) is 0 Å². The largest absolute Gasteiger partial charge is 0.287 e. The second kappa shape index (κ2) is 4.64. The van der Waals surface area contributed by atoms with Crippen molar-refractivity contribution in [3.8, 4) is 11.1 Å². The van der Waals surface area contributed by atoms with Gasteiger partial charge in [0.2, 0.25) is 0 Å². The van der Waals surface area contributed by atoms with E-state index >= 15 is 0 Å². The molecule has 0 saturated heterocycles. The van der Waals surface area contributed by atoms with Crippen molar-refractivity contribution < 1.29 is 4.79 Å². The number of carbonyl (C=O) groups is 1. The fraction of sp³-hybridized carbons (Fsp3) is 0.0833. The Balaban J connectivity index is 2.31. The van der Waals surface area contributed by atoms with Crippen molar-refractivity contribution in [2.24, 2.45) is 0 Å². The van der Waals surface area contributed by atoms with E-state index in [1.807, 2.05) is 23.6 Å². The Morgan fingerprint density at radius 3 is 2.80 bits per heavy atom. The van der Waals surface area contributed by atoms with Gasteiger partial charge in [0.1, 0.15) is 0 Å². The van der Waals surface area contributed by atoms with Gasteiger partial charge in [-0.25, -0.2) is 0 Å². The van der Waals surface area contributed by atoms with Crippen LogP contribution >= 0.6 is 24.0 Å². The molecule has 0 bridgehead atoms. The molecule has 1 aromatic carbocycles. The van der Waals surface area contributed by atoms with E-state index in [0.717, 1.165) is 11.1 Å². The number of thiophene rings is 1. The molecule has 15 heavy (non-hydrogen) atoms. The summed E-state index contributed by atoms with van der Waals surface area (Å²) in [5.74, 6) is 0. The monoisotopic (exact) mass is 234 g/mol. The summed E-state index contributed by atoms with van der Waals surface area (Å²) in [6, 6.07) is 10.1. The van der Waals surface area contributed by atoms with E-state index < -0.39 is 0 Å². The zero-order valence-corrected chi connectivity index (χ0v) is 9.72. The molecule has 0 saturated carbocycles. The van der Waals surface area contributed by atoms with Crippen LogP contribution in [0.4, 0.5) is 0 Å². The average Bonchev–Trinajstić information content (AvgIpc) is 2.69. The average molecular weight is 234 g/mol. The first kappa shape index (κ1) is 10.5. The zero-order chi connectivity index (χ0) is 10.7. The summed E-state index contributed by atoms with van der Waals surface area (Å²) in [5.41, 5.74) is 3.37. The second-order valence-electron chi connectivity index (χ2n) is 3.28. The van der Waals surface area contributed by atoms with Crippen LogP contribution < -0.4 is 0 Å². The topological polar surface area (TPSA) is 17.1 Å². The lowest BCUT2D eigenvalue weighted by Gasteiger charge is -2.01. The van der Waals surface area contributed by atoms with E-state index in [9.17, 15) is 4.79 Å². The van der Waals surface area contributed by atoms with Crippen LogP contribution in [0.2, 0.25) is 0 Å². The Kier molecular flexibility index (Phi) is 3.23. The lowest BCUT2D eigenvalue weighted by Crippen LogP contribution is -1.93. The minimum absolute atomic E-state index is 0.0996. The van der Waals surface area contributed by atoms with Crippen LogP contribution in [0, 0.1) is 0 Å². The molecule has 1 aromatic heterocycles. The normalized spacial score (nSPS) is 10.2. The molecule has 0 aliphatic carbocycles. The highest BCUT2D eigenvalue weighted by Crippen LogP contribution is 2.23. The molecular formula is C12H10OS2. The van der Waals surface area contributed by atoms with Gasteiger partial charge in [-0.15, -0.1) is 12.6 Å². The van der Waals surface area contributed by atoms with Crippen LogP contribution in [-0.4, -0.2) is 5.12 Å². The van der Waals surface area contributed by atoms with E-state index in [1.54, 1.807) is 11.3 Å². The van der Waals surface area contributed by atoms with Crippen molar-refractivity contribution in [2.75, 3.05) is 0 Å². The van der Waals surface area contributed by atoms with Crippen molar-refractivity contribution in [1.29, 1.82) is 0 Å². The number of hydrogen-bond acceptors (Lipinski definition) is 2. The molecule has 0 aliphatic heterocycles. The van der Waals surface area contributed by atoms with E-state index in [2.05, 4.69) is 30.1 Å². The number of benzene rings is 1. The van der Waals surface area contributed by atoms with E-state index in [1.165, 1.54) is 5.56 Å². The first-order valence-electron chi connectivity index (χ1n) is 4.59. The van der Waals surface area contributed by atoms with Crippen LogP contribution in [0.5, 0.6) is 0 Å². The first-order valence-corrected chi connectivity index (χ1v) is 5.98. The predicted molar refractivity (Wildman–Crippen MR) is 67.5 cm³/mol. The van der Waals surface area contributed by atoms with Gasteiger partial charge in [-0.3, -0.25) is 4.79 Å². The van der Waals surface area contributed by atoms with Crippen LogP contribution in [0.1, 0.15) is 5.56 Å². The smallest absolute Gasteiger partial charge is 0.190 e. The molecule has 0 fully saturated rings. The van der Waals surface area contributed by atoms with Gasteiger partial charge < -0.3 is 0 Å². The first-order chi connectivity index (χ1) is 7.25. The van der Waals surface area contributed by atoms with Crippen molar-refractivity contribution in [1.82, 2.24) is 0 Å². The van der Waals surface area contributed by atoms with Gasteiger partial charge in [0.05, 0.1) is 0 Å². The lowest BCUT2D eigenvalue weighted by molar-refractivity contribution is -0.110. The second-order valence-corrected chi connectivity index (χ2v) is 4.56. The quantitative estimate of drug-likeness (QED) is 0.805. The highest BCUT2D eigenvalue weighted by atomic mass is 32.1. The summed E-state index contributed by atoms with van der Waals surface area (Å²) in [7, 11) is 0. The molecule has 76 valence electrons. The molecular weight excluding hydrogens is 224 g/mol. The van der Waals surface area contributed by atoms with Crippen LogP contribution in [0.25, 0.3) is 11.1 Å². The third-order valence-electron chi connectivity index (χ3n) is 2.14. The molecule has 1 heterocycles. The molecule has 0 radical (unpaired) electrons. The lowest BCUT2D eigenvalue weighted by atomic mass is 10.0. The van der Waals surface area contributed by atoms with Crippen LogP contribution in [0.3, 0.4) is 0 Å². The molecule has 0 spiro atoms. The molecule has 0 atom stereocenters. The summed E-state index contributed by atoms with van der Waals surface area (Å²) in [6.07, 6.45) is 0.390. The summed E-state index contributed by atoms with van der Waals surface area (Å²) >= 11 is 5.45. The van der Waals surface area contributed by atoms with Crippen LogP contribution in [-0.2, 0) is 11.2 Å². The number of rotatable bonds is 3. The maximum atomic E-state index is 10.9. The summed E-state index contributed by atoms with van der Waals surface area (Å²) < 4.78 is 0. The van der Waals surface area contributed by atoms with Crippen molar-refractivity contribution in [2.45, 2.75) is 6.42 Å². The molecule has 3 heteroatoms. The van der Waals surface area contributed by atoms with Gasteiger partial charge in [-0.1, -0.05) is 24.3 Å². The van der Waals surface area contributed by atoms with Crippen molar-refractivity contribution in [3.05, 3.63) is 46.7 Å². The Bertz CT molecular complexity index is 460. The fourth-order valence-corrected chi connectivity index (χ4v) is 2.31. The van der Waals surface area contributed by atoms with Crippen molar-refractivity contribution >= 4 is 29.1 Å².